The van der Waals surface area contributed by atoms with Crippen molar-refractivity contribution in [3.8, 4) is 0 Å². The number of hydrogen-bond acceptors (Lipinski definition) is 3. The quantitative estimate of drug-likeness (QED) is 0.545. The van der Waals surface area contributed by atoms with Gasteiger partial charge in [0.05, 0.1) is 12.2 Å². The molecule has 3 N–H and O–H groups in total. The van der Waals surface area contributed by atoms with E-state index in [0.717, 1.165) is 0 Å². The molecule has 68 valence electrons. The third-order valence-corrected chi connectivity index (χ3v) is 1.90. The van der Waals surface area contributed by atoms with Gasteiger partial charge in [0.25, 0.3) is 0 Å². The maximum Gasteiger partial charge on any atom is 0.0848 e. The highest BCUT2D eigenvalue weighted by atomic mass is 16.3. The average Bonchev–Trinajstić information content (AvgIpc) is 2.00. The molecule has 0 aliphatic heterocycles. The Balaban J connectivity index is 3.90. The lowest BCUT2D eigenvalue weighted by Crippen LogP contribution is -2.37. The second kappa shape index (κ2) is 4.70. The van der Waals surface area contributed by atoms with Crippen LogP contribution in [-0.4, -0.2) is 34.1 Å². The van der Waals surface area contributed by atoms with Crippen LogP contribution in [0.5, 0.6) is 0 Å². The molecule has 3 nitrogen and oxygen atoms in total. The van der Waals surface area contributed by atoms with Crippen LogP contribution in [0.2, 0.25) is 0 Å². The lowest BCUT2D eigenvalue weighted by Gasteiger charge is -2.24. The van der Waals surface area contributed by atoms with Crippen LogP contribution in [0.25, 0.3) is 0 Å². The van der Waals surface area contributed by atoms with Crippen LogP contribution in [0, 0.1) is 11.8 Å². The Morgan fingerprint density at radius 1 is 1.00 bits per heavy atom. The molecule has 0 saturated carbocycles. The fraction of sp³-hybridized carbons (Fsp3) is 1.00. The van der Waals surface area contributed by atoms with Gasteiger partial charge in [-0.15, -0.1) is 0 Å². The molecule has 0 bridgehead atoms. The maximum absolute atomic E-state index is 9.35. The van der Waals surface area contributed by atoms with Crippen molar-refractivity contribution in [1.29, 1.82) is 0 Å². The first-order chi connectivity index (χ1) is 5.00. The lowest BCUT2D eigenvalue weighted by atomic mass is 9.93. The zero-order valence-corrected chi connectivity index (χ0v) is 7.36. The predicted octanol–water partition coefficient (Wildman–Crippen LogP) is -0.00740. The number of aliphatic hydroxyl groups is 3. The number of hydrogen-bond donors (Lipinski definition) is 3. The van der Waals surface area contributed by atoms with E-state index in [-0.39, 0.29) is 18.4 Å². The van der Waals surface area contributed by atoms with Gasteiger partial charge in [-0.05, 0) is 5.92 Å². The summed E-state index contributed by atoms with van der Waals surface area (Å²) in [6.45, 7) is 5.27. The predicted molar refractivity (Wildman–Crippen MR) is 43.1 cm³/mol. The molecule has 0 aromatic rings. The van der Waals surface area contributed by atoms with Gasteiger partial charge in [-0.25, -0.2) is 0 Å². The molecule has 0 aromatic heterocycles. The smallest absolute Gasteiger partial charge is 0.0848 e. The van der Waals surface area contributed by atoms with Crippen LogP contribution >= 0.6 is 0 Å². The van der Waals surface area contributed by atoms with E-state index in [4.69, 9.17) is 5.11 Å². The van der Waals surface area contributed by atoms with Gasteiger partial charge in [0, 0.05) is 12.5 Å². The van der Waals surface area contributed by atoms with E-state index in [2.05, 4.69) is 0 Å². The topological polar surface area (TPSA) is 60.7 Å². The van der Waals surface area contributed by atoms with E-state index in [1.54, 1.807) is 6.92 Å². The van der Waals surface area contributed by atoms with Crippen LogP contribution in [0.4, 0.5) is 0 Å². The minimum Gasteiger partial charge on any atom is -0.396 e. The molecule has 3 atom stereocenters. The highest BCUT2D eigenvalue weighted by molar-refractivity contribution is 4.74. The Morgan fingerprint density at radius 3 is 1.73 bits per heavy atom. The first-order valence-electron chi connectivity index (χ1n) is 3.97. The third kappa shape index (κ3) is 3.18. The standard InChI is InChI=1S/C8H18O3/c1-5(2)7(10)8(11)6(3)4-9/h5-11H,4H2,1-3H3. The first kappa shape index (κ1) is 10.9. The minimum atomic E-state index is -0.819. The van der Waals surface area contributed by atoms with E-state index in [0.29, 0.717) is 0 Å². The summed E-state index contributed by atoms with van der Waals surface area (Å²) in [6, 6.07) is 0. The molecule has 0 saturated heterocycles. The van der Waals surface area contributed by atoms with Gasteiger partial charge in [-0.3, -0.25) is 0 Å². The summed E-state index contributed by atoms with van der Waals surface area (Å²) in [4.78, 5) is 0. The number of rotatable bonds is 4. The molecule has 3 unspecified atom stereocenters. The van der Waals surface area contributed by atoms with Crippen molar-refractivity contribution in [2.75, 3.05) is 6.61 Å². The molecule has 11 heavy (non-hydrogen) atoms. The minimum absolute atomic E-state index is 0.0269. The van der Waals surface area contributed by atoms with E-state index in [1.165, 1.54) is 0 Å². The van der Waals surface area contributed by atoms with E-state index < -0.39 is 12.2 Å². The Hall–Kier alpha value is -0.120. The van der Waals surface area contributed by atoms with Gasteiger partial charge in [0.1, 0.15) is 0 Å². The fourth-order valence-corrected chi connectivity index (χ4v) is 0.839. The van der Waals surface area contributed by atoms with Gasteiger partial charge in [-0.2, -0.15) is 0 Å². The molecule has 0 rings (SSSR count). The van der Waals surface area contributed by atoms with Crippen LogP contribution in [-0.2, 0) is 0 Å². The Kier molecular flexibility index (Phi) is 4.65. The summed E-state index contributed by atoms with van der Waals surface area (Å²) in [5.41, 5.74) is 0. The second-order valence-corrected chi connectivity index (χ2v) is 3.39. The van der Waals surface area contributed by atoms with Crippen LogP contribution in [0.1, 0.15) is 20.8 Å². The maximum atomic E-state index is 9.35. The average molecular weight is 162 g/mol. The normalized spacial score (nSPS) is 19.9. The molecular formula is C8H18O3. The Labute approximate surface area is 67.7 Å². The SMILES string of the molecule is CC(C)C(O)C(O)C(C)CO. The summed E-state index contributed by atoms with van der Waals surface area (Å²) in [5.74, 6) is -0.230. The van der Waals surface area contributed by atoms with Crippen molar-refractivity contribution in [2.45, 2.75) is 33.0 Å². The van der Waals surface area contributed by atoms with Gasteiger partial charge >= 0.3 is 0 Å². The van der Waals surface area contributed by atoms with Crippen molar-refractivity contribution >= 4 is 0 Å². The lowest BCUT2D eigenvalue weighted by molar-refractivity contribution is -0.0473. The van der Waals surface area contributed by atoms with Crippen LogP contribution in [0.15, 0.2) is 0 Å². The van der Waals surface area contributed by atoms with Gasteiger partial charge in [-0.1, -0.05) is 20.8 Å². The highest BCUT2D eigenvalue weighted by Crippen LogP contribution is 2.13. The molecule has 3 heteroatoms. The van der Waals surface area contributed by atoms with Crippen LogP contribution in [0.3, 0.4) is 0 Å². The number of aliphatic hydroxyl groups excluding tert-OH is 3. The van der Waals surface area contributed by atoms with E-state index in [1.807, 2.05) is 13.8 Å². The van der Waals surface area contributed by atoms with Crippen molar-refractivity contribution in [1.82, 2.24) is 0 Å². The molecule has 0 aromatic carbocycles. The summed E-state index contributed by atoms with van der Waals surface area (Å²) in [7, 11) is 0. The summed E-state index contributed by atoms with van der Waals surface area (Å²) in [6.07, 6.45) is -1.56. The van der Waals surface area contributed by atoms with Gasteiger partial charge in [0.15, 0.2) is 0 Å². The largest absolute Gasteiger partial charge is 0.396 e. The summed E-state index contributed by atoms with van der Waals surface area (Å²) < 4.78 is 0. The van der Waals surface area contributed by atoms with Crippen LogP contribution < -0.4 is 0 Å². The van der Waals surface area contributed by atoms with Crippen molar-refractivity contribution in [2.24, 2.45) is 11.8 Å². The fourth-order valence-electron chi connectivity index (χ4n) is 0.839. The zero-order valence-electron chi connectivity index (χ0n) is 7.36. The molecular weight excluding hydrogens is 144 g/mol. The van der Waals surface area contributed by atoms with Crippen molar-refractivity contribution in [3.63, 3.8) is 0 Å². The van der Waals surface area contributed by atoms with Gasteiger partial charge in [0.2, 0.25) is 0 Å². The highest BCUT2D eigenvalue weighted by Gasteiger charge is 2.24. The van der Waals surface area contributed by atoms with Crippen molar-refractivity contribution in [3.05, 3.63) is 0 Å². The molecule has 0 amide bonds. The zero-order chi connectivity index (χ0) is 9.02. The molecule has 0 heterocycles. The van der Waals surface area contributed by atoms with E-state index >= 15 is 0 Å². The van der Waals surface area contributed by atoms with Crippen molar-refractivity contribution < 1.29 is 15.3 Å². The monoisotopic (exact) mass is 162 g/mol. The second-order valence-electron chi connectivity index (χ2n) is 3.39. The summed E-state index contributed by atoms with van der Waals surface area (Å²) in [5, 5.41) is 27.3. The Bertz CT molecular complexity index is 104. The first-order valence-corrected chi connectivity index (χ1v) is 3.97. The summed E-state index contributed by atoms with van der Waals surface area (Å²) >= 11 is 0. The Morgan fingerprint density at radius 2 is 1.45 bits per heavy atom. The molecule has 0 radical (unpaired) electrons. The third-order valence-electron chi connectivity index (χ3n) is 1.90. The van der Waals surface area contributed by atoms with Gasteiger partial charge < -0.3 is 15.3 Å². The molecule has 0 spiro atoms. The molecule has 0 fully saturated rings. The van der Waals surface area contributed by atoms with E-state index in [9.17, 15) is 10.2 Å². The molecule has 0 aliphatic rings. The molecule has 0 aliphatic carbocycles.